The molecule has 5 heteroatoms. The minimum absolute atomic E-state index is 0. The van der Waals surface area contributed by atoms with Gasteiger partial charge in [-0.15, -0.1) is 12.4 Å². The van der Waals surface area contributed by atoms with Gasteiger partial charge in [-0.1, -0.05) is 35.9 Å². The summed E-state index contributed by atoms with van der Waals surface area (Å²) in [5, 5.41) is 1.99. The Morgan fingerprint density at radius 1 is 1.12 bits per heavy atom. The highest BCUT2D eigenvalue weighted by Crippen LogP contribution is 2.30. The third-order valence-corrected chi connectivity index (χ3v) is 4.94. The zero-order valence-corrected chi connectivity index (χ0v) is 16.0. The van der Waals surface area contributed by atoms with Crippen LogP contribution in [0, 0.1) is 0 Å². The van der Waals surface area contributed by atoms with Gasteiger partial charge in [-0.3, -0.25) is 4.90 Å². The van der Waals surface area contributed by atoms with Crippen LogP contribution in [0.2, 0.25) is 5.02 Å². The molecular formula is C21H22Cl2N2O. The quantitative estimate of drug-likeness (QED) is 0.632. The number of para-hydroxylation sites is 1. The van der Waals surface area contributed by atoms with Crippen molar-refractivity contribution >= 4 is 40.5 Å². The van der Waals surface area contributed by atoms with E-state index in [0.717, 1.165) is 49.0 Å². The van der Waals surface area contributed by atoms with Crippen molar-refractivity contribution in [1.82, 2.24) is 9.88 Å². The van der Waals surface area contributed by atoms with Crippen LogP contribution in [0.4, 0.5) is 0 Å². The second-order valence-corrected chi connectivity index (χ2v) is 6.77. The highest BCUT2D eigenvalue weighted by atomic mass is 35.5. The molecule has 136 valence electrons. The van der Waals surface area contributed by atoms with Crippen molar-refractivity contribution in [1.29, 1.82) is 0 Å². The van der Waals surface area contributed by atoms with Gasteiger partial charge in [0.25, 0.3) is 0 Å². The first-order chi connectivity index (χ1) is 12.3. The lowest BCUT2D eigenvalue weighted by Gasteiger charge is -2.26. The van der Waals surface area contributed by atoms with Crippen molar-refractivity contribution in [2.24, 2.45) is 0 Å². The molecular weight excluding hydrogens is 367 g/mol. The van der Waals surface area contributed by atoms with Crippen LogP contribution >= 0.6 is 24.0 Å². The Balaban J connectivity index is 0.00000196. The summed E-state index contributed by atoms with van der Waals surface area (Å²) in [7, 11) is 0. The zero-order chi connectivity index (χ0) is 17.1. The Hall–Kier alpha value is -1.94. The molecule has 1 N–H and O–H groups in total. The molecule has 2 heterocycles. The molecule has 0 amide bonds. The van der Waals surface area contributed by atoms with E-state index in [9.17, 15) is 0 Å². The van der Waals surface area contributed by atoms with E-state index < -0.39 is 0 Å². The summed E-state index contributed by atoms with van der Waals surface area (Å²) in [6, 6.07) is 16.0. The van der Waals surface area contributed by atoms with E-state index in [1.807, 2.05) is 48.5 Å². The summed E-state index contributed by atoms with van der Waals surface area (Å²) in [6.07, 6.45) is 5.47. The van der Waals surface area contributed by atoms with E-state index in [-0.39, 0.29) is 12.4 Å². The predicted octanol–water partition coefficient (Wildman–Crippen LogP) is 5.41. The minimum Gasteiger partial charge on any atom is -0.492 e. The molecule has 26 heavy (non-hydrogen) atoms. The second kappa shape index (κ2) is 8.63. The van der Waals surface area contributed by atoms with E-state index >= 15 is 0 Å². The first kappa shape index (κ1) is 18.8. The van der Waals surface area contributed by atoms with Crippen LogP contribution in [0.15, 0.2) is 60.8 Å². The smallest absolute Gasteiger partial charge is 0.119 e. The number of halogens is 2. The van der Waals surface area contributed by atoms with Crippen LogP contribution in [0.25, 0.3) is 16.5 Å². The van der Waals surface area contributed by atoms with Crippen molar-refractivity contribution in [2.75, 3.05) is 26.2 Å². The molecule has 0 spiro atoms. The van der Waals surface area contributed by atoms with E-state index in [4.69, 9.17) is 16.3 Å². The van der Waals surface area contributed by atoms with Gasteiger partial charge in [0.15, 0.2) is 0 Å². The van der Waals surface area contributed by atoms with Crippen LogP contribution in [-0.2, 0) is 0 Å². The second-order valence-electron chi connectivity index (χ2n) is 6.33. The molecule has 0 saturated heterocycles. The fourth-order valence-electron chi connectivity index (χ4n) is 3.33. The molecule has 4 rings (SSSR count). The largest absolute Gasteiger partial charge is 0.492 e. The van der Waals surface area contributed by atoms with E-state index in [1.165, 1.54) is 16.5 Å². The first-order valence-electron chi connectivity index (χ1n) is 8.66. The summed E-state index contributed by atoms with van der Waals surface area (Å²) in [4.78, 5) is 5.77. The van der Waals surface area contributed by atoms with Crippen LogP contribution in [0.3, 0.4) is 0 Å². The molecule has 1 aromatic heterocycles. The van der Waals surface area contributed by atoms with Crippen molar-refractivity contribution in [3.8, 4) is 5.75 Å². The Morgan fingerprint density at radius 2 is 1.96 bits per heavy atom. The van der Waals surface area contributed by atoms with Gasteiger partial charge in [0.1, 0.15) is 12.4 Å². The molecule has 0 fully saturated rings. The van der Waals surface area contributed by atoms with Gasteiger partial charge < -0.3 is 9.72 Å². The maximum Gasteiger partial charge on any atom is 0.119 e. The van der Waals surface area contributed by atoms with Crippen molar-refractivity contribution in [2.45, 2.75) is 6.42 Å². The lowest BCUT2D eigenvalue weighted by Crippen LogP contribution is -2.32. The molecule has 2 aromatic carbocycles. The molecule has 0 bridgehead atoms. The minimum atomic E-state index is 0. The Labute approximate surface area is 165 Å². The molecule has 0 saturated carbocycles. The van der Waals surface area contributed by atoms with Crippen molar-refractivity contribution in [3.63, 3.8) is 0 Å². The number of hydrogen-bond acceptors (Lipinski definition) is 2. The maximum atomic E-state index is 6.16. The number of hydrogen-bond donors (Lipinski definition) is 1. The number of rotatable bonds is 5. The number of nitrogens with one attached hydrogen (secondary N) is 1. The average Bonchev–Trinajstić information content (AvgIpc) is 3.06. The number of aromatic nitrogens is 1. The third kappa shape index (κ3) is 4.24. The van der Waals surface area contributed by atoms with Crippen LogP contribution in [0.1, 0.15) is 12.0 Å². The normalized spacial score (nSPS) is 14.7. The summed E-state index contributed by atoms with van der Waals surface area (Å²) in [6.45, 7) is 3.67. The van der Waals surface area contributed by atoms with Gasteiger partial charge in [-0.2, -0.15) is 0 Å². The highest BCUT2D eigenvalue weighted by molar-refractivity contribution is 6.31. The average molecular weight is 389 g/mol. The molecule has 0 unspecified atom stereocenters. The van der Waals surface area contributed by atoms with Crippen LogP contribution in [-0.4, -0.2) is 36.1 Å². The highest BCUT2D eigenvalue weighted by Gasteiger charge is 2.15. The number of aromatic amines is 1. The molecule has 3 nitrogen and oxygen atoms in total. The Kier molecular flexibility index (Phi) is 6.25. The molecule has 0 aliphatic carbocycles. The van der Waals surface area contributed by atoms with Gasteiger partial charge in [0.05, 0.1) is 0 Å². The first-order valence-corrected chi connectivity index (χ1v) is 9.03. The predicted molar refractivity (Wildman–Crippen MR) is 112 cm³/mol. The molecule has 3 aromatic rings. The van der Waals surface area contributed by atoms with E-state index in [2.05, 4.69) is 22.2 Å². The van der Waals surface area contributed by atoms with Gasteiger partial charge in [0.2, 0.25) is 0 Å². The number of H-pyrrole nitrogens is 1. The third-order valence-electron chi connectivity index (χ3n) is 4.70. The summed E-state index contributed by atoms with van der Waals surface area (Å²) >= 11 is 6.16. The number of nitrogens with zero attached hydrogens (tertiary/aromatic N) is 1. The SMILES string of the molecule is Cl.Clc1ccc2[nH]cc(C3=CCN(CCOc4ccccc4)CC3)c2c1. The van der Waals surface area contributed by atoms with E-state index in [1.54, 1.807) is 0 Å². The summed E-state index contributed by atoms with van der Waals surface area (Å²) in [5.74, 6) is 0.936. The molecule has 0 radical (unpaired) electrons. The fourth-order valence-corrected chi connectivity index (χ4v) is 3.50. The number of benzene rings is 2. The lowest BCUT2D eigenvalue weighted by molar-refractivity contribution is 0.222. The van der Waals surface area contributed by atoms with Gasteiger partial charge in [-0.25, -0.2) is 0 Å². The molecule has 1 aliphatic heterocycles. The molecule has 1 aliphatic rings. The van der Waals surface area contributed by atoms with Gasteiger partial charge in [-0.05, 0) is 42.3 Å². The fraction of sp³-hybridized carbons (Fsp3) is 0.238. The monoisotopic (exact) mass is 388 g/mol. The van der Waals surface area contributed by atoms with Crippen molar-refractivity contribution in [3.05, 3.63) is 71.4 Å². The van der Waals surface area contributed by atoms with Crippen LogP contribution < -0.4 is 4.74 Å². The zero-order valence-electron chi connectivity index (χ0n) is 14.5. The lowest BCUT2D eigenvalue weighted by atomic mass is 9.99. The summed E-state index contributed by atoms with van der Waals surface area (Å²) in [5.41, 5.74) is 3.81. The van der Waals surface area contributed by atoms with Crippen molar-refractivity contribution < 1.29 is 4.74 Å². The topological polar surface area (TPSA) is 28.3 Å². The maximum absolute atomic E-state index is 6.16. The standard InChI is InChI=1S/C21H21ClN2O.ClH/c22-17-6-7-21-19(14-17)20(15-23-21)16-8-10-24(11-9-16)12-13-25-18-4-2-1-3-5-18;/h1-8,14-15,23H,9-13H2;1H. The van der Waals surface area contributed by atoms with E-state index in [0.29, 0.717) is 0 Å². The van der Waals surface area contributed by atoms with Crippen LogP contribution in [0.5, 0.6) is 5.75 Å². The Bertz CT molecular complexity index is 889. The Morgan fingerprint density at radius 3 is 2.73 bits per heavy atom. The number of ether oxygens (including phenoxy) is 1. The molecule has 0 atom stereocenters. The van der Waals surface area contributed by atoms with Gasteiger partial charge >= 0.3 is 0 Å². The summed E-state index contributed by atoms with van der Waals surface area (Å²) < 4.78 is 5.80. The number of fused-ring (bicyclic) bond motifs is 1. The van der Waals surface area contributed by atoms with Gasteiger partial charge in [0, 0.05) is 47.3 Å².